The molecule has 4 nitrogen and oxygen atoms in total. The molecule has 1 aromatic rings. The first-order chi connectivity index (χ1) is 10.1. The Morgan fingerprint density at radius 3 is 2.67 bits per heavy atom. The highest BCUT2D eigenvalue weighted by atomic mass is 19.1. The van der Waals surface area contributed by atoms with Crippen molar-refractivity contribution in [3.63, 3.8) is 0 Å². The molecule has 0 saturated carbocycles. The van der Waals surface area contributed by atoms with Crippen LogP contribution in [0.3, 0.4) is 0 Å². The second-order valence-electron chi connectivity index (χ2n) is 5.30. The number of nitrogens with two attached hydrogens (primary N) is 1. The zero-order chi connectivity index (χ0) is 14.8. The number of hydrogen-bond donors (Lipinski definition) is 1. The van der Waals surface area contributed by atoms with Crippen molar-refractivity contribution in [2.75, 3.05) is 26.3 Å². The molecule has 0 aromatic heterocycles. The molecule has 0 radical (unpaired) electrons. The number of halogens is 2. The van der Waals surface area contributed by atoms with E-state index in [1.165, 1.54) is 0 Å². The van der Waals surface area contributed by atoms with Crippen LogP contribution in [0.2, 0.25) is 0 Å². The molecule has 6 heteroatoms. The summed E-state index contributed by atoms with van der Waals surface area (Å²) < 4.78 is 38.0. The maximum atomic E-state index is 13.8. The molecule has 21 heavy (non-hydrogen) atoms. The van der Waals surface area contributed by atoms with Crippen LogP contribution in [-0.2, 0) is 9.47 Å². The first-order valence-electron chi connectivity index (χ1n) is 7.03. The van der Waals surface area contributed by atoms with Gasteiger partial charge in [0.05, 0.1) is 25.0 Å². The van der Waals surface area contributed by atoms with Gasteiger partial charge in [-0.3, -0.25) is 0 Å². The third-order valence-electron chi connectivity index (χ3n) is 3.87. The van der Waals surface area contributed by atoms with Gasteiger partial charge in [0, 0.05) is 25.1 Å². The van der Waals surface area contributed by atoms with E-state index in [0.717, 1.165) is 37.0 Å². The van der Waals surface area contributed by atoms with Gasteiger partial charge in [-0.2, -0.15) is 0 Å². The molecule has 0 spiro atoms. The standard InChI is InChI=1S/C15H18F2N2O2/c16-10-1-2-13(17)12(7-10)15-14(18)8-11(9-21-15)19-3-5-20-6-4-19/h1-2,7,9,14-15H,3-6,8,18H2/t14-,15+/m0/s1. The average molecular weight is 296 g/mol. The monoisotopic (exact) mass is 296 g/mol. The molecule has 0 aliphatic carbocycles. The minimum Gasteiger partial charge on any atom is -0.490 e. The summed E-state index contributed by atoms with van der Waals surface area (Å²) in [5, 5.41) is 0. The van der Waals surface area contributed by atoms with Crippen molar-refractivity contribution in [3.05, 3.63) is 47.4 Å². The zero-order valence-corrected chi connectivity index (χ0v) is 11.6. The molecule has 0 bridgehead atoms. The van der Waals surface area contributed by atoms with Crippen LogP contribution in [-0.4, -0.2) is 37.2 Å². The second-order valence-corrected chi connectivity index (χ2v) is 5.30. The van der Waals surface area contributed by atoms with Gasteiger partial charge >= 0.3 is 0 Å². The van der Waals surface area contributed by atoms with E-state index in [9.17, 15) is 8.78 Å². The molecule has 2 atom stereocenters. The summed E-state index contributed by atoms with van der Waals surface area (Å²) in [6.07, 6.45) is 1.52. The highest BCUT2D eigenvalue weighted by molar-refractivity contribution is 5.24. The fourth-order valence-corrected chi connectivity index (χ4v) is 2.74. The van der Waals surface area contributed by atoms with Crippen LogP contribution in [0.25, 0.3) is 0 Å². The number of nitrogens with zero attached hydrogens (tertiary/aromatic N) is 1. The van der Waals surface area contributed by atoms with Crippen LogP contribution < -0.4 is 5.73 Å². The normalized spacial score (nSPS) is 26.2. The van der Waals surface area contributed by atoms with E-state index >= 15 is 0 Å². The molecule has 1 saturated heterocycles. The minimum atomic E-state index is -0.662. The number of hydrogen-bond acceptors (Lipinski definition) is 4. The van der Waals surface area contributed by atoms with Crippen molar-refractivity contribution in [1.82, 2.24) is 4.90 Å². The zero-order valence-electron chi connectivity index (χ0n) is 11.6. The van der Waals surface area contributed by atoms with Crippen LogP contribution >= 0.6 is 0 Å². The lowest BCUT2D eigenvalue weighted by atomic mass is 9.96. The van der Waals surface area contributed by atoms with Gasteiger partial charge in [-0.15, -0.1) is 0 Å². The summed E-state index contributed by atoms with van der Waals surface area (Å²) in [5.74, 6) is -0.995. The Labute approximate surface area is 122 Å². The smallest absolute Gasteiger partial charge is 0.141 e. The quantitative estimate of drug-likeness (QED) is 0.906. The molecular formula is C15H18F2N2O2. The second kappa shape index (κ2) is 5.99. The summed E-state index contributed by atoms with van der Waals surface area (Å²) in [4.78, 5) is 2.15. The van der Waals surface area contributed by atoms with E-state index < -0.39 is 23.8 Å². The highest BCUT2D eigenvalue weighted by Gasteiger charge is 2.30. The van der Waals surface area contributed by atoms with Crippen LogP contribution in [0, 0.1) is 11.6 Å². The Kier molecular flexibility index (Phi) is 4.07. The maximum Gasteiger partial charge on any atom is 0.141 e. The summed E-state index contributed by atoms with van der Waals surface area (Å²) in [5.41, 5.74) is 7.27. The van der Waals surface area contributed by atoms with Gasteiger partial charge in [0.1, 0.15) is 24.0 Å². The van der Waals surface area contributed by atoms with Crippen LogP contribution in [0.4, 0.5) is 8.78 Å². The Hall–Kier alpha value is -1.66. The van der Waals surface area contributed by atoms with E-state index in [1.54, 1.807) is 6.26 Å². The Bertz CT molecular complexity index is 544. The minimum absolute atomic E-state index is 0.166. The van der Waals surface area contributed by atoms with Gasteiger partial charge < -0.3 is 20.1 Å². The lowest BCUT2D eigenvalue weighted by Gasteiger charge is -2.36. The lowest BCUT2D eigenvalue weighted by Crippen LogP contribution is -2.41. The van der Waals surface area contributed by atoms with Crippen LogP contribution in [0.1, 0.15) is 18.1 Å². The molecule has 1 fully saturated rings. The van der Waals surface area contributed by atoms with Gasteiger partial charge in [-0.25, -0.2) is 8.78 Å². The van der Waals surface area contributed by atoms with E-state index in [-0.39, 0.29) is 5.56 Å². The Morgan fingerprint density at radius 1 is 1.19 bits per heavy atom. The van der Waals surface area contributed by atoms with E-state index in [4.69, 9.17) is 15.2 Å². The molecule has 2 N–H and O–H groups in total. The summed E-state index contributed by atoms with van der Waals surface area (Å²) in [6.45, 7) is 2.94. The average Bonchev–Trinajstić information content (AvgIpc) is 2.51. The fourth-order valence-electron chi connectivity index (χ4n) is 2.74. The summed E-state index contributed by atoms with van der Waals surface area (Å²) >= 11 is 0. The number of ether oxygens (including phenoxy) is 2. The number of benzene rings is 1. The number of rotatable bonds is 2. The summed E-state index contributed by atoms with van der Waals surface area (Å²) in [7, 11) is 0. The van der Waals surface area contributed by atoms with E-state index in [0.29, 0.717) is 19.6 Å². The van der Waals surface area contributed by atoms with E-state index in [2.05, 4.69) is 4.90 Å². The van der Waals surface area contributed by atoms with Gasteiger partial charge in [-0.05, 0) is 18.2 Å². The molecule has 0 unspecified atom stereocenters. The van der Waals surface area contributed by atoms with Gasteiger partial charge in [0.25, 0.3) is 0 Å². The largest absolute Gasteiger partial charge is 0.490 e. The third kappa shape index (κ3) is 3.01. The Balaban J connectivity index is 1.78. The van der Waals surface area contributed by atoms with Crippen molar-refractivity contribution in [3.8, 4) is 0 Å². The molecule has 3 rings (SSSR count). The molecule has 1 aromatic carbocycles. The maximum absolute atomic E-state index is 13.8. The lowest BCUT2D eigenvalue weighted by molar-refractivity contribution is 0.0343. The molecule has 2 aliphatic heterocycles. The number of morpholine rings is 1. The van der Waals surface area contributed by atoms with Crippen molar-refractivity contribution in [1.29, 1.82) is 0 Å². The van der Waals surface area contributed by atoms with Gasteiger partial charge in [0.2, 0.25) is 0 Å². The predicted octanol–water partition coefficient (Wildman–Crippen LogP) is 1.93. The molecular weight excluding hydrogens is 278 g/mol. The predicted molar refractivity (Wildman–Crippen MR) is 73.3 cm³/mol. The molecule has 2 aliphatic rings. The van der Waals surface area contributed by atoms with Crippen molar-refractivity contribution < 1.29 is 18.3 Å². The molecule has 2 heterocycles. The van der Waals surface area contributed by atoms with Crippen molar-refractivity contribution in [2.24, 2.45) is 5.73 Å². The SMILES string of the molecule is N[C@H]1CC(N2CCOCC2)=CO[C@@H]1c1cc(F)ccc1F. The highest BCUT2D eigenvalue weighted by Crippen LogP contribution is 2.32. The molecule has 0 amide bonds. The van der Waals surface area contributed by atoms with Crippen molar-refractivity contribution >= 4 is 0 Å². The Morgan fingerprint density at radius 2 is 1.95 bits per heavy atom. The van der Waals surface area contributed by atoms with Crippen LogP contribution in [0.5, 0.6) is 0 Å². The molecule has 114 valence electrons. The fraction of sp³-hybridized carbons (Fsp3) is 0.467. The first-order valence-corrected chi connectivity index (χ1v) is 7.03. The topological polar surface area (TPSA) is 47.7 Å². The van der Waals surface area contributed by atoms with Crippen LogP contribution in [0.15, 0.2) is 30.2 Å². The van der Waals surface area contributed by atoms with E-state index in [1.807, 2.05) is 0 Å². The van der Waals surface area contributed by atoms with Gasteiger partial charge in [-0.1, -0.05) is 0 Å². The van der Waals surface area contributed by atoms with Gasteiger partial charge in [0.15, 0.2) is 0 Å². The first kappa shape index (κ1) is 14.3. The van der Waals surface area contributed by atoms with Crippen molar-refractivity contribution in [2.45, 2.75) is 18.6 Å². The third-order valence-corrected chi connectivity index (χ3v) is 3.87. The summed E-state index contributed by atoms with van der Waals surface area (Å²) in [6, 6.07) is 2.92.